The van der Waals surface area contributed by atoms with Crippen LogP contribution >= 0.6 is 17.0 Å². The van der Waals surface area contributed by atoms with E-state index in [0.29, 0.717) is 11.0 Å². The predicted molar refractivity (Wildman–Crippen MR) is 80.2 cm³/mol. The Balaban J connectivity index is 0.00000400. The topological polar surface area (TPSA) is 86.7 Å². The number of ether oxygens (including phenoxy) is 1. The van der Waals surface area contributed by atoms with Gasteiger partial charge in [-0.05, 0) is 12.1 Å². The Labute approximate surface area is 134 Å². The highest BCUT2D eigenvalue weighted by Crippen LogP contribution is 2.18. The van der Waals surface area contributed by atoms with Crippen molar-refractivity contribution in [2.45, 2.75) is 12.5 Å². The standard InChI is InChI=1S/C14H19NO5.BrH/c1-15(2,3)9-10(8-13(17)18)20-14(19)11-6-4-5-7-12(11)16;/h4-7,10H,8-9H2,1-3H3,(H-,16,17,18,19);1H. The monoisotopic (exact) mass is 361 g/mol. The second-order valence-electron chi connectivity index (χ2n) is 5.59. The smallest absolute Gasteiger partial charge is 0.342 e. The number of rotatable bonds is 6. The fourth-order valence-corrected chi connectivity index (χ4v) is 1.80. The molecule has 0 bridgehead atoms. The number of carboxylic acid groups (broad SMARTS) is 1. The molecular formula is C14H20BrNO5. The molecule has 1 aromatic rings. The van der Waals surface area contributed by atoms with Crippen LogP contribution in [0.3, 0.4) is 0 Å². The predicted octanol–water partition coefficient (Wildman–Crippen LogP) is 0.342. The van der Waals surface area contributed by atoms with E-state index in [2.05, 4.69) is 0 Å². The van der Waals surface area contributed by atoms with Crippen molar-refractivity contribution in [1.29, 1.82) is 0 Å². The summed E-state index contributed by atoms with van der Waals surface area (Å²) in [6.07, 6.45) is -1.19. The third kappa shape index (κ3) is 7.10. The molecule has 0 radical (unpaired) electrons. The lowest BCUT2D eigenvalue weighted by molar-refractivity contribution is -0.873. The Morgan fingerprint density at radius 1 is 1.29 bits per heavy atom. The molecule has 0 saturated heterocycles. The number of phenols is 1. The number of carbonyl (C=O) groups excluding carboxylic acids is 2. The minimum absolute atomic E-state index is 0. The summed E-state index contributed by atoms with van der Waals surface area (Å²) in [4.78, 5) is 22.7. The molecule has 0 spiro atoms. The van der Waals surface area contributed by atoms with E-state index in [9.17, 15) is 19.8 Å². The van der Waals surface area contributed by atoms with Gasteiger partial charge in [-0.1, -0.05) is 12.1 Å². The number of aromatic hydroxyl groups is 1. The normalized spacial score (nSPS) is 12.1. The van der Waals surface area contributed by atoms with Crippen LogP contribution < -0.4 is 5.11 Å². The number of halogens is 1. The van der Waals surface area contributed by atoms with Crippen molar-refractivity contribution in [2.24, 2.45) is 0 Å². The summed E-state index contributed by atoms with van der Waals surface area (Å²) in [7, 11) is 5.57. The van der Waals surface area contributed by atoms with E-state index >= 15 is 0 Å². The Morgan fingerprint density at radius 2 is 1.86 bits per heavy atom. The maximum atomic E-state index is 11.9. The van der Waals surface area contributed by atoms with Gasteiger partial charge in [0.15, 0.2) is 6.10 Å². The maximum absolute atomic E-state index is 11.9. The fraction of sp³-hybridized carbons (Fsp3) is 0.429. The van der Waals surface area contributed by atoms with Crippen LogP contribution in [0, 0.1) is 0 Å². The van der Waals surface area contributed by atoms with Gasteiger partial charge in [0.05, 0.1) is 21.1 Å². The number of carbonyl (C=O) groups is 2. The summed E-state index contributed by atoms with van der Waals surface area (Å²) in [5.41, 5.74) is 0.0113. The lowest BCUT2D eigenvalue weighted by Crippen LogP contribution is -2.45. The summed E-state index contributed by atoms with van der Waals surface area (Å²) in [6, 6.07) is 5.95. The minimum atomic E-state index is -1.28. The van der Waals surface area contributed by atoms with Gasteiger partial charge in [0.1, 0.15) is 17.9 Å². The lowest BCUT2D eigenvalue weighted by Gasteiger charge is -2.29. The molecule has 1 aromatic carbocycles. The van der Waals surface area contributed by atoms with E-state index in [0.717, 1.165) is 0 Å². The average molecular weight is 362 g/mol. The molecule has 0 aliphatic carbocycles. The maximum Gasteiger partial charge on any atom is 0.342 e. The summed E-state index contributed by atoms with van der Waals surface area (Å²) in [6.45, 7) is 0.327. The molecule has 0 aliphatic heterocycles. The lowest BCUT2D eigenvalue weighted by atomic mass is 10.2. The molecule has 21 heavy (non-hydrogen) atoms. The van der Waals surface area contributed by atoms with Crippen LogP contribution in [0.2, 0.25) is 0 Å². The number of phenolic OH excluding ortho intramolecular Hbond substituents is 1. The largest absolute Gasteiger partial charge is 0.550 e. The molecular weight excluding hydrogens is 342 g/mol. The number of hydrogen-bond acceptors (Lipinski definition) is 5. The molecule has 0 aromatic heterocycles. The molecule has 7 heteroatoms. The van der Waals surface area contributed by atoms with E-state index in [1.165, 1.54) is 12.1 Å². The molecule has 1 unspecified atom stereocenters. The van der Waals surface area contributed by atoms with Crippen molar-refractivity contribution in [3.63, 3.8) is 0 Å². The number of carboxylic acids is 1. The Bertz CT molecular complexity index is 498. The van der Waals surface area contributed by atoms with Gasteiger partial charge in [-0.2, -0.15) is 0 Å². The Hall–Kier alpha value is -1.60. The van der Waals surface area contributed by atoms with E-state index < -0.39 is 18.0 Å². The number of quaternary nitrogens is 1. The number of aliphatic carboxylic acids is 1. The van der Waals surface area contributed by atoms with Gasteiger partial charge in [0.25, 0.3) is 0 Å². The third-order valence-corrected chi connectivity index (χ3v) is 2.54. The Kier molecular flexibility index (Phi) is 7.38. The van der Waals surface area contributed by atoms with Crippen LogP contribution in [0.5, 0.6) is 5.75 Å². The summed E-state index contributed by atoms with van der Waals surface area (Å²) in [5.74, 6) is -2.23. The van der Waals surface area contributed by atoms with Crippen LogP contribution in [-0.4, -0.2) is 55.3 Å². The average Bonchev–Trinajstić information content (AvgIpc) is 2.25. The summed E-state index contributed by atoms with van der Waals surface area (Å²) >= 11 is 0. The molecule has 0 aliphatic rings. The zero-order valence-electron chi connectivity index (χ0n) is 12.2. The van der Waals surface area contributed by atoms with Crippen LogP contribution in [0.1, 0.15) is 16.8 Å². The number of esters is 1. The molecule has 0 fully saturated rings. The van der Waals surface area contributed by atoms with Crippen molar-refractivity contribution in [3.8, 4) is 5.75 Å². The van der Waals surface area contributed by atoms with Crippen LogP contribution in [0.4, 0.5) is 0 Å². The number of para-hydroxylation sites is 1. The molecule has 1 rings (SSSR count). The van der Waals surface area contributed by atoms with Crippen molar-refractivity contribution in [1.82, 2.24) is 0 Å². The van der Waals surface area contributed by atoms with Crippen LogP contribution in [-0.2, 0) is 9.53 Å². The molecule has 6 nitrogen and oxygen atoms in total. The minimum Gasteiger partial charge on any atom is -0.550 e. The van der Waals surface area contributed by atoms with Gasteiger partial charge in [-0.15, -0.1) is 17.0 Å². The first kappa shape index (κ1) is 19.4. The number of nitrogens with zero attached hydrogens (tertiary/aromatic N) is 1. The molecule has 118 valence electrons. The quantitative estimate of drug-likeness (QED) is 0.583. The Morgan fingerprint density at radius 3 is 2.33 bits per heavy atom. The third-order valence-electron chi connectivity index (χ3n) is 2.54. The first-order chi connectivity index (χ1) is 9.19. The van der Waals surface area contributed by atoms with Crippen LogP contribution in [0.25, 0.3) is 0 Å². The highest BCUT2D eigenvalue weighted by Gasteiger charge is 2.24. The van der Waals surface area contributed by atoms with Gasteiger partial charge in [0, 0.05) is 12.4 Å². The van der Waals surface area contributed by atoms with Crippen molar-refractivity contribution in [3.05, 3.63) is 29.8 Å². The van der Waals surface area contributed by atoms with E-state index in [1.807, 2.05) is 21.1 Å². The van der Waals surface area contributed by atoms with E-state index in [4.69, 9.17) is 4.74 Å². The van der Waals surface area contributed by atoms with E-state index in [-0.39, 0.29) is 34.7 Å². The zero-order chi connectivity index (χ0) is 15.3. The number of likely N-dealkylation sites (N-methyl/N-ethyl adjacent to an activating group) is 1. The summed E-state index contributed by atoms with van der Waals surface area (Å²) < 4.78 is 5.61. The molecule has 0 saturated carbocycles. The first-order valence-corrected chi connectivity index (χ1v) is 6.18. The van der Waals surface area contributed by atoms with Gasteiger partial charge in [-0.3, -0.25) is 0 Å². The molecule has 1 atom stereocenters. The second kappa shape index (κ2) is 7.99. The fourth-order valence-electron chi connectivity index (χ4n) is 1.80. The van der Waals surface area contributed by atoms with Gasteiger partial charge in [0.2, 0.25) is 0 Å². The highest BCUT2D eigenvalue weighted by atomic mass is 79.9. The number of hydrogen-bond donors (Lipinski definition) is 1. The van der Waals surface area contributed by atoms with Crippen molar-refractivity contribution < 1.29 is 29.0 Å². The van der Waals surface area contributed by atoms with Gasteiger partial charge >= 0.3 is 5.97 Å². The van der Waals surface area contributed by atoms with Crippen molar-refractivity contribution in [2.75, 3.05) is 27.7 Å². The van der Waals surface area contributed by atoms with E-state index in [1.54, 1.807) is 12.1 Å². The number of benzene rings is 1. The first-order valence-electron chi connectivity index (χ1n) is 6.18. The van der Waals surface area contributed by atoms with Gasteiger partial charge < -0.3 is 24.2 Å². The molecule has 1 N–H and O–H groups in total. The molecule has 0 amide bonds. The van der Waals surface area contributed by atoms with Gasteiger partial charge in [-0.25, -0.2) is 4.79 Å². The SMILES string of the molecule is Br.C[N+](C)(C)CC(CC(=O)[O-])OC(=O)c1ccccc1O. The molecule has 0 heterocycles. The van der Waals surface area contributed by atoms with Crippen molar-refractivity contribution >= 4 is 28.9 Å². The zero-order valence-corrected chi connectivity index (χ0v) is 13.9. The second-order valence-corrected chi connectivity index (χ2v) is 5.59. The van der Waals surface area contributed by atoms with Crippen LogP contribution in [0.15, 0.2) is 24.3 Å². The highest BCUT2D eigenvalue weighted by molar-refractivity contribution is 8.93. The summed E-state index contributed by atoms with van der Waals surface area (Å²) in [5, 5.41) is 20.3.